The van der Waals surface area contributed by atoms with Gasteiger partial charge in [-0.2, -0.15) is 4.72 Å². The van der Waals surface area contributed by atoms with Crippen molar-refractivity contribution in [2.75, 3.05) is 0 Å². The third kappa shape index (κ3) is 3.58. The summed E-state index contributed by atoms with van der Waals surface area (Å²) in [7, 11) is -4.07. The zero-order chi connectivity index (χ0) is 18.8. The maximum atomic E-state index is 13.0. The standard InChI is InChI=1S/C19H18N2O4S/c1-19(18(22)23,12-14-6-3-2-4-7-14)21-26(24,25)17-9-5-8-15-13-20-11-10-16(15)17/h2-11,13,21H,12H2,1H3,(H,22,23)/t19-/m0/s1. The fourth-order valence-corrected chi connectivity index (χ4v) is 4.43. The summed E-state index contributed by atoms with van der Waals surface area (Å²) in [6.45, 7) is 1.37. The van der Waals surface area contributed by atoms with Gasteiger partial charge < -0.3 is 5.11 Å². The van der Waals surface area contributed by atoms with E-state index < -0.39 is 21.5 Å². The number of pyridine rings is 1. The minimum atomic E-state index is -4.07. The number of nitrogens with one attached hydrogen (secondary N) is 1. The first-order valence-corrected chi connectivity index (χ1v) is 9.44. The van der Waals surface area contributed by atoms with Crippen molar-refractivity contribution < 1.29 is 18.3 Å². The molecule has 3 aromatic rings. The van der Waals surface area contributed by atoms with Crippen molar-refractivity contribution in [1.82, 2.24) is 9.71 Å². The molecule has 0 aliphatic rings. The van der Waals surface area contributed by atoms with Crippen LogP contribution in [-0.2, 0) is 21.2 Å². The fraction of sp³-hybridized carbons (Fsp3) is 0.158. The van der Waals surface area contributed by atoms with Gasteiger partial charge in [0.25, 0.3) is 0 Å². The van der Waals surface area contributed by atoms with E-state index in [9.17, 15) is 18.3 Å². The van der Waals surface area contributed by atoms with Gasteiger partial charge in [0, 0.05) is 29.6 Å². The maximum Gasteiger partial charge on any atom is 0.324 e. The Balaban J connectivity index is 2.01. The van der Waals surface area contributed by atoms with Crippen LogP contribution < -0.4 is 4.72 Å². The number of nitrogens with zero attached hydrogens (tertiary/aromatic N) is 1. The van der Waals surface area contributed by atoms with Crippen molar-refractivity contribution in [1.29, 1.82) is 0 Å². The molecule has 0 bridgehead atoms. The topological polar surface area (TPSA) is 96.4 Å². The Morgan fingerprint density at radius 1 is 1.12 bits per heavy atom. The molecule has 0 amide bonds. The summed E-state index contributed by atoms with van der Waals surface area (Å²) < 4.78 is 28.3. The zero-order valence-electron chi connectivity index (χ0n) is 14.1. The van der Waals surface area contributed by atoms with E-state index in [1.54, 1.807) is 48.7 Å². The summed E-state index contributed by atoms with van der Waals surface area (Å²) in [4.78, 5) is 15.9. The second-order valence-corrected chi connectivity index (χ2v) is 7.91. The Kier molecular flexibility index (Phi) is 4.76. The second-order valence-electron chi connectivity index (χ2n) is 6.26. The van der Waals surface area contributed by atoms with Crippen LogP contribution in [0.1, 0.15) is 12.5 Å². The van der Waals surface area contributed by atoms with Gasteiger partial charge in [0.05, 0.1) is 4.90 Å². The van der Waals surface area contributed by atoms with Crippen LogP contribution in [0.5, 0.6) is 0 Å². The molecular formula is C19H18N2O4S. The number of rotatable bonds is 6. The van der Waals surface area contributed by atoms with E-state index >= 15 is 0 Å². The molecule has 1 atom stereocenters. The van der Waals surface area contributed by atoms with E-state index in [0.717, 1.165) is 5.56 Å². The lowest BCUT2D eigenvalue weighted by atomic mass is 9.94. The van der Waals surface area contributed by atoms with E-state index in [0.29, 0.717) is 10.8 Å². The fourth-order valence-electron chi connectivity index (χ4n) is 2.84. The van der Waals surface area contributed by atoms with Gasteiger partial charge in [-0.25, -0.2) is 8.42 Å². The second kappa shape index (κ2) is 6.86. The molecule has 1 heterocycles. The molecular weight excluding hydrogens is 352 g/mol. The van der Waals surface area contributed by atoms with Crippen LogP contribution in [0.3, 0.4) is 0 Å². The Morgan fingerprint density at radius 3 is 2.54 bits per heavy atom. The minimum Gasteiger partial charge on any atom is -0.480 e. The van der Waals surface area contributed by atoms with Gasteiger partial charge in [0.15, 0.2) is 0 Å². The van der Waals surface area contributed by atoms with Crippen molar-refractivity contribution in [3.63, 3.8) is 0 Å². The first-order valence-electron chi connectivity index (χ1n) is 7.96. The predicted octanol–water partition coefficient (Wildman–Crippen LogP) is 2.60. The molecule has 0 saturated carbocycles. The average molecular weight is 370 g/mol. The van der Waals surface area contributed by atoms with Crippen molar-refractivity contribution >= 4 is 26.8 Å². The molecule has 1 aromatic heterocycles. The first kappa shape index (κ1) is 18.0. The van der Waals surface area contributed by atoms with E-state index in [1.165, 1.54) is 19.2 Å². The molecule has 7 heteroatoms. The zero-order valence-corrected chi connectivity index (χ0v) is 14.9. The SMILES string of the molecule is C[C@@](Cc1ccccc1)(NS(=O)(=O)c1cccc2cnccc12)C(=O)O. The largest absolute Gasteiger partial charge is 0.480 e. The van der Waals surface area contributed by atoms with Crippen LogP contribution in [0.4, 0.5) is 0 Å². The lowest BCUT2D eigenvalue weighted by Crippen LogP contribution is -2.53. The number of aliphatic carboxylic acids is 1. The minimum absolute atomic E-state index is 0.0225. The molecule has 0 aliphatic carbocycles. The normalized spacial score (nSPS) is 14.0. The van der Waals surface area contributed by atoms with Crippen LogP contribution >= 0.6 is 0 Å². The summed E-state index contributed by atoms with van der Waals surface area (Å²) in [5, 5.41) is 10.8. The van der Waals surface area contributed by atoms with E-state index in [1.807, 2.05) is 6.07 Å². The predicted molar refractivity (Wildman–Crippen MR) is 98.3 cm³/mol. The summed E-state index contributed by atoms with van der Waals surface area (Å²) in [6, 6.07) is 15.3. The summed E-state index contributed by atoms with van der Waals surface area (Å²) in [6.07, 6.45) is 3.09. The molecule has 2 N–H and O–H groups in total. The summed E-state index contributed by atoms with van der Waals surface area (Å²) in [5.74, 6) is -1.24. The highest BCUT2D eigenvalue weighted by molar-refractivity contribution is 7.89. The number of carboxylic acid groups (broad SMARTS) is 1. The number of benzene rings is 2. The molecule has 3 rings (SSSR count). The smallest absolute Gasteiger partial charge is 0.324 e. The average Bonchev–Trinajstić information content (AvgIpc) is 2.61. The lowest BCUT2D eigenvalue weighted by molar-refractivity contribution is -0.143. The Morgan fingerprint density at radius 2 is 1.85 bits per heavy atom. The first-order chi connectivity index (χ1) is 12.3. The van der Waals surface area contributed by atoms with E-state index in [-0.39, 0.29) is 11.3 Å². The van der Waals surface area contributed by atoms with Gasteiger partial charge in [-0.1, -0.05) is 42.5 Å². The van der Waals surface area contributed by atoms with Crippen molar-refractivity contribution in [2.45, 2.75) is 23.8 Å². The van der Waals surface area contributed by atoms with Gasteiger partial charge in [-0.05, 0) is 24.6 Å². The highest BCUT2D eigenvalue weighted by atomic mass is 32.2. The van der Waals surface area contributed by atoms with Crippen molar-refractivity contribution in [3.05, 3.63) is 72.6 Å². The third-order valence-corrected chi connectivity index (χ3v) is 5.82. The number of aromatic nitrogens is 1. The van der Waals surface area contributed by atoms with Crippen molar-refractivity contribution in [2.24, 2.45) is 0 Å². The van der Waals surface area contributed by atoms with Crippen molar-refractivity contribution in [3.8, 4) is 0 Å². The monoisotopic (exact) mass is 370 g/mol. The van der Waals surface area contributed by atoms with Crippen LogP contribution in [0.25, 0.3) is 10.8 Å². The number of hydrogen-bond donors (Lipinski definition) is 2. The molecule has 0 unspecified atom stereocenters. The number of hydrogen-bond acceptors (Lipinski definition) is 4. The maximum absolute atomic E-state index is 13.0. The molecule has 0 fully saturated rings. The van der Waals surface area contributed by atoms with Gasteiger partial charge >= 0.3 is 5.97 Å². The lowest BCUT2D eigenvalue weighted by Gasteiger charge is -2.26. The molecule has 0 aliphatic heterocycles. The number of carboxylic acids is 1. The number of carbonyl (C=O) groups is 1. The number of fused-ring (bicyclic) bond motifs is 1. The highest BCUT2D eigenvalue weighted by Gasteiger charge is 2.38. The molecule has 0 saturated heterocycles. The van der Waals surface area contributed by atoms with Crippen LogP contribution in [-0.4, -0.2) is 30.0 Å². The molecule has 0 radical (unpaired) electrons. The molecule has 134 valence electrons. The highest BCUT2D eigenvalue weighted by Crippen LogP contribution is 2.24. The summed E-state index contributed by atoms with van der Waals surface area (Å²) >= 11 is 0. The quantitative estimate of drug-likeness (QED) is 0.695. The molecule has 6 nitrogen and oxygen atoms in total. The Hall–Kier alpha value is -2.77. The summed E-state index contributed by atoms with van der Waals surface area (Å²) in [5.41, 5.74) is -0.961. The molecule has 2 aromatic carbocycles. The number of sulfonamides is 1. The Labute approximate surface area is 151 Å². The Bertz CT molecular complexity index is 1050. The van der Waals surface area contributed by atoms with Crippen LogP contribution in [0, 0.1) is 0 Å². The van der Waals surface area contributed by atoms with E-state index in [2.05, 4.69) is 9.71 Å². The van der Waals surface area contributed by atoms with Gasteiger partial charge in [-0.3, -0.25) is 9.78 Å². The molecule has 0 spiro atoms. The van der Waals surface area contributed by atoms with Gasteiger partial charge in [0.2, 0.25) is 10.0 Å². The van der Waals surface area contributed by atoms with E-state index in [4.69, 9.17) is 0 Å². The van der Waals surface area contributed by atoms with Crippen LogP contribution in [0.2, 0.25) is 0 Å². The third-order valence-electron chi connectivity index (χ3n) is 4.16. The molecule has 26 heavy (non-hydrogen) atoms. The van der Waals surface area contributed by atoms with Crippen LogP contribution in [0.15, 0.2) is 71.9 Å². The van der Waals surface area contributed by atoms with Gasteiger partial charge in [0.1, 0.15) is 5.54 Å². The van der Waals surface area contributed by atoms with Gasteiger partial charge in [-0.15, -0.1) is 0 Å².